The minimum atomic E-state index is -0.170. The molecule has 1 fully saturated rings. The van der Waals surface area contributed by atoms with Crippen molar-refractivity contribution in [1.82, 2.24) is 4.90 Å². The molecule has 0 aromatic carbocycles. The molecule has 0 amide bonds. The predicted octanol–water partition coefficient (Wildman–Crippen LogP) is 0.660. The summed E-state index contributed by atoms with van der Waals surface area (Å²) in [5, 5.41) is 0. The zero-order valence-electron chi connectivity index (χ0n) is 4.52. The second-order valence-electron chi connectivity index (χ2n) is 2.08. The molecule has 0 unspecified atom stereocenters. The summed E-state index contributed by atoms with van der Waals surface area (Å²) in [5.41, 5.74) is 0. The number of hydrogen-bond acceptors (Lipinski definition) is 1. The van der Waals surface area contributed by atoms with Crippen molar-refractivity contribution in [2.75, 3.05) is 20.3 Å². The number of alkyl halides is 1. The van der Waals surface area contributed by atoms with E-state index in [-0.39, 0.29) is 12.7 Å². The highest BCUT2D eigenvalue weighted by Gasteiger charge is 2.22. The molecule has 1 rings (SSSR count). The van der Waals surface area contributed by atoms with Crippen LogP contribution in [-0.4, -0.2) is 31.2 Å². The van der Waals surface area contributed by atoms with E-state index in [4.69, 9.17) is 0 Å². The van der Waals surface area contributed by atoms with Crippen molar-refractivity contribution in [3.05, 3.63) is 0 Å². The minimum Gasteiger partial charge on any atom is -0.301 e. The summed E-state index contributed by atoms with van der Waals surface area (Å²) in [5.74, 6) is 0. The number of hydrogen-bond donors (Lipinski definition) is 0. The zero-order valence-corrected chi connectivity index (χ0v) is 4.52. The van der Waals surface area contributed by atoms with Gasteiger partial charge in [-0.2, -0.15) is 0 Å². The summed E-state index contributed by atoms with van der Waals surface area (Å²) in [7, 11) is 1.95. The molecule has 0 aliphatic carbocycles. The lowest BCUT2D eigenvalue weighted by molar-refractivity contribution is 0.101. The highest BCUT2D eigenvalue weighted by molar-refractivity contribution is 4.78. The van der Waals surface area contributed by atoms with Gasteiger partial charge in [0, 0.05) is 6.04 Å². The minimum absolute atomic E-state index is 0.170. The first-order chi connectivity index (χ1) is 3.34. The lowest BCUT2D eigenvalue weighted by Crippen LogP contribution is -2.45. The third-order valence-electron chi connectivity index (χ3n) is 1.62. The van der Waals surface area contributed by atoms with E-state index in [0.29, 0.717) is 0 Å². The number of likely N-dealkylation sites (tertiary alicyclic amines) is 1. The van der Waals surface area contributed by atoms with Crippen LogP contribution in [0.15, 0.2) is 0 Å². The summed E-state index contributed by atoms with van der Waals surface area (Å²) in [6, 6.07) is 0.250. The Balaban J connectivity index is 2.16. The maximum absolute atomic E-state index is 11.6. The quantitative estimate of drug-likeness (QED) is 0.471. The van der Waals surface area contributed by atoms with E-state index in [1.54, 1.807) is 0 Å². The molecule has 0 radical (unpaired) electrons. The largest absolute Gasteiger partial charge is 0.301 e. The van der Waals surface area contributed by atoms with Gasteiger partial charge in [-0.15, -0.1) is 0 Å². The Morgan fingerprint density at radius 1 is 1.86 bits per heavy atom. The van der Waals surface area contributed by atoms with Gasteiger partial charge in [-0.1, -0.05) is 0 Å². The van der Waals surface area contributed by atoms with Crippen LogP contribution in [0.4, 0.5) is 4.39 Å². The fourth-order valence-corrected chi connectivity index (χ4v) is 0.765. The number of nitrogens with zero attached hydrogens (tertiary/aromatic N) is 1. The molecule has 0 N–H and O–H groups in total. The average molecular weight is 103 g/mol. The van der Waals surface area contributed by atoms with E-state index in [0.717, 1.165) is 13.0 Å². The smallest absolute Gasteiger partial charge is 0.105 e. The second kappa shape index (κ2) is 1.78. The van der Waals surface area contributed by atoms with Crippen LogP contribution in [-0.2, 0) is 0 Å². The molecule has 1 saturated heterocycles. The van der Waals surface area contributed by atoms with E-state index >= 15 is 0 Å². The number of halogens is 1. The summed E-state index contributed by atoms with van der Waals surface area (Å²) in [6.07, 6.45) is 1.05. The summed E-state index contributed by atoms with van der Waals surface area (Å²) >= 11 is 0. The molecule has 2 heteroatoms. The van der Waals surface area contributed by atoms with E-state index in [9.17, 15) is 4.39 Å². The van der Waals surface area contributed by atoms with Crippen molar-refractivity contribution in [3.63, 3.8) is 0 Å². The Kier molecular flexibility index (Phi) is 1.28. The summed E-state index contributed by atoms with van der Waals surface area (Å²) in [4.78, 5) is 2.03. The van der Waals surface area contributed by atoms with E-state index in [1.807, 2.05) is 11.9 Å². The topological polar surface area (TPSA) is 3.24 Å². The van der Waals surface area contributed by atoms with Crippen LogP contribution in [0, 0.1) is 0 Å². The Morgan fingerprint density at radius 3 is 2.57 bits per heavy atom. The summed E-state index contributed by atoms with van der Waals surface area (Å²) in [6.45, 7) is 0.908. The molecule has 0 bridgehead atoms. The third-order valence-corrected chi connectivity index (χ3v) is 1.62. The number of rotatable bonds is 1. The van der Waals surface area contributed by atoms with Gasteiger partial charge in [0.15, 0.2) is 0 Å². The van der Waals surface area contributed by atoms with Crippen LogP contribution in [0.3, 0.4) is 0 Å². The van der Waals surface area contributed by atoms with Gasteiger partial charge in [-0.3, -0.25) is 0 Å². The zero-order chi connectivity index (χ0) is 5.28. The van der Waals surface area contributed by atoms with Crippen molar-refractivity contribution < 1.29 is 4.39 Å². The molecule has 1 aliphatic rings. The molecule has 0 saturated carbocycles. The van der Waals surface area contributed by atoms with E-state index < -0.39 is 0 Å². The van der Waals surface area contributed by atoms with Crippen LogP contribution in [0.5, 0.6) is 0 Å². The maximum atomic E-state index is 11.6. The highest BCUT2D eigenvalue weighted by Crippen LogP contribution is 2.13. The van der Waals surface area contributed by atoms with Crippen molar-refractivity contribution >= 4 is 0 Å². The van der Waals surface area contributed by atoms with Gasteiger partial charge in [-0.25, -0.2) is 4.39 Å². The van der Waals surface area contributed by atoms with Gasteiger partial charge in [0.05, 0.1) is 0 Å². The Bertz CT molecular complexity index is 63.1. The maximum Gasteiger partial charge on any atom is 0.105 e. The van der Waals surface area contributed by atoms with Crippen LogP contribution < -0.4 is 0 Å². The van der Waals surface area contributed by atoms with Crippen LogP contribution in [0.25, 0.3) is 0 Å². The Labute approximate surface area is 43.1 Å². The summed E-state index contributed by atoms with van der Waals surface area (Å²) < 4.78 is 11.6. The molecule has 0 spiro atoms. The lowest BCUT2D eigenvalue weighted by atomic mass is 10.1. The van der Waals surface area contributed by atoms with Gasteiger partial charge in [0.1, 0.15) is 6.67 Å². The van der Waals surface area contributed by atoms with E-state index in [1.165, 1.54) is 0 Å². The molecule has 42 valence electrons. The highest BCUT2D eigenvalue weighted by atomic mass is 19.1. The molecule has 7 heavy (non-hydrogen) atoms. The molecule has 1 nitrogen and oxygen atoms in total. The van der Waals surface area contributed by atoms with Gasteiger partial charge in [0.25, 0.3) is 0 Å². The van der Waals surface area contributed by atoms with Gasteiger partial charge in [-0.05, 0) is 20.0 Å². The molecule has 0 aromatic heterocycles. The molecule has 1 heterocycles. The second-order valence-corrected chi connectivity index (χ2v) is 2.08. The molecule has 0 aromatic rings. The molecule has 1 aliphatic heterocycles. The molecular formula is C5H10FN. The van der Waals surface area contributed by atoms with Crippen molar-refractivity contribution in [1.29, 1.82) is 0 Å². The van der Waals surface area contributed by atoms with Crippen LogP contribution in [0.2, 0.25) is 0 Å². The van der Waals surface area contributed by atoms with Crippen molar-refractivity contribution in [3.8, 4) is 0 Å². The van der Waals surface area contributed by atoms with Gasteiger partial charge >= 0.3 is 0 Å². The fourth-order valence-electron chi connectivity index (χ4n) is 0.765. The first-order valence-electron chi connectivity index (χ1n) is 2.61. The average Bonchev–Trinajstić information content (AvgIpc) is 1.65. The van der Waals surface area contributed by atoms with Crippen molar-refractivity contribution in [2.45, 2.75) is 12.5 Å². The lowest BCUT2D eigenvalue weighted by Gasteiger charge is -2.35. The van der Waals surface area contributed by atoms with Gasteiger partial charge < -0.3 is 4.90 Å². The molecular weight excluding hydrogens is 93.1 g/mol. The molecule has 1 atom stereocenters. The van der Waals surface area contributed by atoms with Gasteiger partial charge in [0.2, 0.25) is 0 Å². The Hall–Kier alpha value is -0.110. The Morgan fingerprint density at radius 2 is 2.57 bits per heavy atom. The standard InChI is InChI=1S/C5H10FN/c1-7-3-2-5(7)4-6/h5H,2-4H2,1H3/t5-/m0/s1. The first-order valence-corrected chi connectivity index (χ1v) is 2.61. The monoisotopic (exact) mass is 103 g/mol. The van der Waals surface area contributed by atoms with Crippen LogP contribution >= 0.6 is 0 Å². The first kappa shape index (κ1) is 5.04. The fraction of sp³-hybridized carbons (Fsp3) is 1.00. The third kappa shape index (κ3) is 0.752. The van der Waals surface area contributed by atoms with E-state index in [2.05, 4.69) is 0 Å². The normalized spacial score (nSPS) is 32.6. The predicted molar refractivity (Wildman–Crippen MR) is 27.0 cm³/mol. The van der Waals surface area contributed by atoms with Crippen molar-refractivity contribution in [2.24, 2.45) is 0 Å². The SMILES string of the molecule is CN1CC[C@H]1CF. The van der Waals surface area contributed by atoms with Crippen LogP contribution in [0.1, 0.15) is 6.42 Å².